The first-order chi connectivity index (χ1) is 13.4. The van der Waals surface area contributed by atoms with E-state index in [0.717, 1.165) is 31.0 Å². The van der Waals surface area contributed by atoms with E-state index in [1.54, 1.807) is 0 Å². The molecular weight excluding hydrogens is 332 g/mol. The second kappa shape index (κ2) is 6.72. The van der Waals surface area contributed by atoms with Crippen LogP contribution in [0.2, 0.25) is 0 Å². The summed E-state index contributed by atoms with van der Waals surface area (Å²) in [5.74, 6) is 1.04. The second-order valence-corrected chi connectivity index (χ2v) is 6.71. The minimum atomic E-state index is 0.779. The van der Waals surface area contributed by atoms with Gasteiger partial charge in [0.25, 0.3) is 0 Å². The molecule has 0 atom stereocenters. The predicted molar refractivity (Wildman–Crippen MR) is 111 cm³/mol. The third-order valence-electron chi connectivity index (χ3n) is 4.99. The molecule has 1 aliphatic heterocycles. The van der Waals surface area contributed by atoms with Crippen molar-refractivity contribution in [1.29, 1.82) is 0 Å². The summed E-state index contributed by atoms with van der Waals surface area (Å²) < 4.78 is 2.10. The molecule has 4 nitrogen and oxygen atoms in total. The first kappa shape index (κ1) is 15.8. The molecular formula is C23H20N4. The van der Waals surface area contributed by atoms with E-state index in [1.165, 1.54) is 22.0 Å². The van der Waals surface area contributed by atoms with Gasteiger partial charge in [0.2, 0.25) is 0 Å². The molecule has 5 rings (SSSR count). The van der Waals surface area contributed by atoms with Crippen LogP contribution in [0.3, 0.4) is 0 Å². The van der Waals surface area contributed by atoms with Crippen molar-refractivity contribution in [3.8, 4) is 0 Å². The van der Waals surface area contributed by atoms with Crippen molar-refractivity contribution in [3.05, 3.63) is 91.0 Å². The van der Waals surface area contributed by atoms with Crippen LogP contribution < -0.4 is 4.90 Å². The van der Waals surface area contributed by atoms with Crippen LogP contribution in [0, 0.1) is 0 Å². The Kier molecular flexibility index (Phi) is 3.94. The Bertz CT molecular complexity index is 1090. The van der Waals surface area contributed by atoms with Gasteiger partial charge < -0.3 is 4.57 Å². The number of imidazole rings is 1. The molecule has 3 aromatic carbocycles. The van der Waals surface area contributed by atoms with Crippen LogP contribution in [0.5, 0.6) is 0 Å². The lowest BCUT2D eigenvalue weighted by atomic mass is 10.1. The standard InChI is InChI=1S/C23H20N4/c1-2-9-19(10-3-1)27-21-12-5-8-18-7-4-11-20(22(18)21)23(27)25-13-6-15-26-16-14-24-17-26/h1-5,7-12,14,16-17H,6,13,15H2. The lowest BCUT2D eigenvalue weighted by Gasteiger charge is -2.21. The van der Waals surface area contributed by atoms with Crippen LogP contribution >= 0.6 is 0 Å². The number of amidine groups is 1. The highest BCUT2D eigenvalue weighted by atomic mass is 15.2. The molecule has 0 unspecified atom stereocenters. The number of para-hydroxylation sites is 1. The quantitative estimate of drug-likeness (QED) is 0.472. The molecule has 0 spiro atoms. The van der Waals surface area contributed by atoms with Gasteiger partial charge in [-0.1, -0.05) is 48.5 Å². The molecule has 0 N–H and O–H groups in total. The third-order valence-corrected chi connectivity index (χ3v) is 4.99. The summed E-state index contributed by atoms with van der Waals surface area (Å²) in [7, 11) is 0. The Hall–Kier alpha value is -3.40. The van der Waals surface area contributed by atoms with Gasteiger partial charge in [-0.25, -0.2) is 4.98 Å². The zero-order valence-electron chi connectivity index (χ0n) is 15.0. The molecule has 0 bridgehead atoms. The van der Waals surface area contributed by atoms with Gasteiger partial charge in [0.15, 0.2) is 0 Å². The van der Waals surface area contributed by atoms with E-state index in [9.17, 15) is 0 Å². The largest absolute Gasteiger partial charge is 0.337 e. The van der Waals surface area contributed by atoms with Crippen LogP contribution in [0.15, 0.2) is 90.4 Å². The van der Waals surface area contributed by atoms with Crippen LogP contribution in [0.4, 0.5) is 11.4 Å². The van der Waals surface area contributed by atoms with Crippen LogP contribution in [-0.2, 0) is 6.54 Å². The molecule has 1 aliphatic rings. The van der Waals surface area contributed by atoms with Gasteiger partial charge in [0, 0.05) is 42.1 Å². The van der Waals surface area contributed by atoms with Crippen molar-refractivity contribution < 1.29 is 0 Å². The highest BCUT2D eigenvalue weighted by Gasteiger charge is 2.28. The molecule has 0 radical (unpaired) electrons. The number of aryl methyl sites for hydroxylation is 1. The molecule has 2 heterocycles. The maximum absolute atomic E-state index is 5.03. The molecule has 27 heavy (non-hydrogen) atoms. The monoisotopic (exact) mass is 352 g/mol. The minimum Gasteiger partial charge on any atom is -0.337 e. The molecule has 4 aromatic rings. The summed E-state index contributed by atoms with van der Waals surface area (Å²) in [5, 5.41) is 2.55. The summed E-state index contributed by atoms with van der Waals surface area (Å²) in [6.45, 7) is 1.71. The Morgan fingerprint density at radius 1 is 0.889 bits per heavy atom. The molecule has 0 fully saturated rings. The number of nitrogens with zero attached hydrogens (tertiary/aromatic N) is 4. The SMILES string of the molecule is c1ccc(N2C(=NCCCn3ccnc3)c3cccc4cccc2c34)cc1. The van der Waals surface area contributed by atoms with E-state index in [1.807, 2.05) is 18.7 Å². The van der Waals surface area contributed by atoms with Crippen LogP contribution in [0.1, 0.15) is 12.0 Å². The number of aromatic nitrogens is 2. The summed E-state index contributed by atoms with van der Waals surface area (Å²) >= 11 is 0. The van der Waals surface area contributed by atoms with Gasteiger partial charge in [-0.2, -0.15) is 0 Å². The molecule has 132 valence electrons. The van der Waals surface area contributed by atoms with Gasteiger partial charge in [-0.05, 0) is 30.0 Å². The number of hydrogen-bond donors (Lipinski definition) is 0. The minimum absolute atomic E-state index is 0.779. The highest BCUT2D eigenvalue weighted by Crippen LogP contribution is 2.41. The fourth-order valence-corrected chi connectivity index (χ4v) is 3.78. The Morgan fingerprint density at radius 2 is 1.74 bits per heavy atom. The van der Waals surface area contributed by atoms with Crippen molar-refractivity contribution in [3.63, 3.8) is 0 Å². The van der Waals surface area contributed by atoms with Gasteiger partial charge in [-0.3, -0.25) is 9.89 Å². The highest BCUT2D eigenvalue weighted by molar-refractivity contribution is 6.29. The summed E-state index contributed by atoms with van der Waals surface area (Å²) in [4.78, 5) is 11.4. The van der Waals surface area contributed by atoms with Gasteiger partial charge in [0.1, 0.15) is 5.84 Å². The second-order valence-electron chi connectivity index (χ2n) is 6.71. The summed E-state index contributed by atoms with van der Waals surface area (Å²) in [5.41, 5.74) is 3.58. The van der Waals surface area contributed by atoms with E-state index in [0.29, 0.717) is 0 Å². The number of hydrogen-bond acceptors (Lipinski definition) is 2. The number of rotatable bonds is 5. The third kappa shape index (κ3) is 2.79. The topological polar surface area (TPSA) is 33.4 Å². The molecule has 1 aromatic heterocycles. The first-order valence-electron chi connectivity index (χ1n) is 9.29. The Labute approximate surface area is 158 Å². The van der Waals surface area contributed by atoms with Crippen molar-refractivity contribution in [1.82, 2.24) is 9.55 Å². The number of benzene rings is 3. The fraction of sp³-hybridized carbons (Fsp3) is 0.130. The molecule has 0 saturated heterocycles. The number of aliphatic imine (C=N–C) groups is 1. The maximum atomic E-state index is 5.03. The lowest BCUT2D eigenvalue weighted by molar-refractivity contribution is 0.650. The fourth-order valence-electron chi connectivity index (χ4n) is 3.78. The average Bonchev–Trinajstić information content (AvgIpc) is 3.34. The Balaban J connectivity index is 1.53. The normalized spacial score (nSPS) is 14.4. The van der Waals surface area contributed by atoms with E-state index < -0.39 is 0 Å². The number of anilines is 2. The summed E-state index contributed by atoms with van der Waals surface area (Å²) in [6, 6.07) is 23.5. The zero-order valence-corrected chi connectivity index (χ0v) is 15.0. The average molecular weight is 352 g/mol. The molecule has 4 heteroatoms. The van der Waals surface area contributed by atoms with E-state index in [2.05, 4.69) is 81.2 Å². The van der Waals surface area contributed by atoms with E-state index in [-0.39, 0.29) is 0 Å². The van der Waals surface area contributed by atoms with E-state index in [4.69, 9.17) is 4.99 Å². The van der Waals surface area contributed by atoms with Gasteiger partial charge >= 0.3 is 0 Å². The Morgan fingerprint density at radius 3 is 2.56 bits per heavy atom. The van der Waals surface area contributed by atoms with Crippen molar-refractivity contribution in [2.75, 3.05) is 11.4 Å². The molecule has 0 amide bonds. The maximum Gasteiger partial charge on any atom is 0.140 e. The van der Waals surface area contributed by atoms with Gasteiger partial charge in [-0.15, -0.1) is 0 Å². The summed E-state index contributed by atoms with van der Waals surface area (Å²) in [6.07, 6.45) is 6.65. The smallest absolute Gasteiger partial charge is 0.140 e. The molecule has 0 aliphatic carbocycles. The zero-order chi connectivity index (χ0) is 18.1. The van der Waals surface area contributed by atoms with Crippen LogP contribution in [-0.4, -0.2) is 21.9 Å². The van der Waals surface area contributed by atoms with E-state index >= 15 is 0 Å². The van der Waals surface area contributed by atoms with Crippen molar-refractivity contribution >= 4 is 28.0 Å². The van der Waals surface area contributed by atoms with Crippen molar-refractivity contribution in [2.45, 2.75) is 13.0 Å². The van der Waals surface area contributed by atoms with Gasteiger partial charge in [0.05, 0.1) is 12.0 Å². The van der Waals surface area contributed by atoms with Crippen molar-refractivity contribution in [2.24, 2.45) is 4.99 Å². The predicted octanol–water partition coefficient (Wildman–Crippen LogP) is 5.02. The van der Waals surface area contributed by atoms with Crippen LogP contribution in [0.25, 0.3) is 10.8 Å². The molecule has 0 saturated carbocycles. The lowest BCUT2D eigenvalue weighted by Crippen LogP contribution is -2.22. The first-order valence-corrected chi connectivity index (χ1v) is 9.29.